The first-order valence-corrected chi connectivity index (χ1v) is 8.65. The van der Waals surface area contributed by atoms with Crippen LogP contribution in [0.5, 0.6) is 0 Å². The summed E-state index contributed by atoms with van der Waals surface area (Å²) in [5, 5.41) is 28.5. The number of hydrogen-bond donors (Lipinski definition) is 1. The Balaban J connectivity index is 2.03. The third-order valence-corrected chi connectivity index (χ3v) is 4.25. The number of nitrogens with zero attached hydrogens (tertiary/aromatic N) is 4. The van der Waals surface area contributed by atoms with E-state index in [2.05, 4.69) is 22.1 Å². The zero-order valence-corrected chi connectivity index (χ0v) is 15.1. The fraction of sp³-hybridized carbons (Fsp3) is 0.368. The van der Waals surface area contributed by atoms with Gasteiger partial charge in [-0.2, -0.15) is 10.2 Å². The van der Waals surface area contributed by atoms with Crippen LogP contribution in [0.2, 0.25) is 0 Å². The predicted octanol–water partition coefficient (Wildman–Crippen LogP) is 5.00. The molecule has 0 aliphatic heterocycles. The molecule has 0 amide bonds. The molecular weight excluding hydrogens is 332 g/mol. The highest BCUT2D eigenvalue weighted by atomic mass is 16.6. The first kappa shape index (κ1) is 19.5. The van der Waals surface area contributed by atoms with Crippen LogP contribution in [0.3, 0.4) is 0 Å². The molecule has 7 heteroatoms. The molecular formula is C19H24N4O3. The van der Waals surface area contributed by atoms with E-state index in [0.717, 1.165) is 24.9 Å². The molecule has 0 saturated carbocycles. The Morgan fingerprint density at radius 2 is 1.62 bits per heavy atom. The van der Waals surface area contributed by atoms with E-state index in [9.17, 15) is 15.2 Å². The van der Waals surface area contributed by atoms with Crippen molar-refractivity contribution in [2.75, 3.05) is 18.6 Å². The second-order valence-corrected chi connectivity index (χ2v) is 6.08. The van der Waals surface area contributed by atoms with Crippen LogP contribution in [0, 0.1) is 10.1 Å². The van der Waals surface area contributed by atoms with Crippen LogP contribution in [0.25, 0.3) is 0 Å². The second-order valence-electron chi connectivity index (χ2n) is 6.08. The Kier molecular flexibility index (Phi) is 7.23. The first-order valence-electron chi connectivity index (χ1n) is 8.65. The van der Waals surface area contributed by atoms with Crippen LogP contribution in [0.1, 0.15) is 26.2 Å². The Labute approximate surface area is 153 Å². The van der Waals surface area contributed by atoms with Crippen LogP contribution < -0.4 is 4.90 Å². The average molecular weight is 356 g/mol. The van der Waals surface area contributed by atoms with E-state index >= 15 is 0 Å². The Bertz CT molecular complexity index is 729. The van der Waals surface area contributed by atoms with Gasteiger partial charge >= 0.3 is 0 Å². The molecule has 138 valence electrons. The standard InChI is InChI=1S/C19H24N4O3/c1-3-4-5-19(14-24)22(2)17-10-6-15(7-11-17)20-21-16-8-12-18(13-9-16)23(25)26/h6-13,19,24H,3-5,14H2,1-2H3/b21-20+. The molecule has 26 heavy (non-hydrogen) atoms. The molecule has 2 aromatic rings. The summed E-state index contributed by atoms with van der Waals surface area (Å²) in [5.41, 5.74) is 2.28. The van der Waals surface area contributed by atoms with Crippen LogP contribution in [0.15, 0.2) is 58.8 Å². The van der Waals surface area contributed by atoms with E-state index in [0.29, 0.717) is 11.4 Å². The minimum Gasteiger partial charge on any atom is -0.394 e. The molecule has 0 heterocycles. The second kappa shape index (κ2) is 9.62. The third kappa shape index (κ3) is 5.35. The zero-order valence-electron chi connectivity index (χ0n) is 15.1. The van der Waals surface area contributed by atoms with Gasteiger partial charge in [0.1, 0.15) is 0 Å². The monoisotopic (exact) mass is 356 g/mol. The number of anilines is 1. The number of aliphatic hydroxyl groups excluding tert-OH is 1. The summed E-state index contributed by atoms with van der Waals surface area (Å²) in [6, 6.07) is 13.6. The number of likely N-dealkylation sites (N-methyl/N-ethyl adjacent to an activating group) is 1. The number of hydrogen-bond acceptors (Lipinski definition) is 6. The van der Waals surface area contributed by atoms with Crippen molar-refractivity contribution in [3.63, 3.8) is 0 Å². The SMILES string of the molecule is CCCCC(CO)N(C)c1ccc(/N=N/c2ccc([N+](=O)[O-])cc2)cc1. The Morgan fingerprint density at radius 1 is 1.08 bits per heavy atom. The number of unbranched alkanes of at least 4 members (excludes halogenated alkanes) is 1. The molecule has 0 bridgehead atoms. The van der Waals surface area contributed by atoms with Crippen molar-refractivity contribution in [1.29, 1.82) is 0 Å². The molecule has 2 aromatic carbocycles. The lowest BCUT2D eigenvalue weighted by atomic mass is 10.1. The fourth-order valence-corrected chi connectivity index (χ4v) is 2.57. The molecule has 0 radical (unpaired) electrons. The molecule has 7 nitrogen and oxygen atoms in total. The molecule has 1 unspecified atom stereocenters. The highest BCUT2D eigenvalue weighted by Crippen LogP contribution is 2.24. The third-order valence-electron chi connectivity index (χ3n) is 4.25. The van der Waals surface area contributed by atoms with Gasteiger partial charge in [0.05, 0.1) is 28.9 Å². The minimum absolute atomic E-state index is 0.0258. The summed E-state index contributed by atoms with van der Waals surface area (Å²) >= 11 is 0. The number of nitro groups is 1. The number of non-ortho nitro benzene ring substituents is 1. The van der Waals surface area contributed by atoms with Gasteiger partial charge in [-0.1, -0.05) is 19.8 Å². The highest BCUT2D eigenvalue weighted by molar-refractivity contribution is 5.53. The lowest BCUT2D eigenvalue weighted by molar-refractivity contribution is -0.384. The van der Waals surface area contributed by atoms with Crippen molar-refractivity contribution in [1.82, 2.24) is 0 Å². The summed E-state index contributed by atoms with van der Waals surface area (Å²) in [5.74, 6) is 0. The van der Waals surface area contributed by atoms with Gasteiger partial charge in [0.15, 0.2) is 0 Å². The van der Waals surface area contributed by atoms with Crippen molar-refractivity contribution >= 4 is 22.7 Å². The minimum atomic E-state index is -0.448. The summed E-state index contributed by atoms with van der Waals surface area (Å²) in [6.45, 7) is 2.26. The Hall–Kier alpha value is -2.80. The van der Waals surface area contributed by atoms with Crippen LogP contribution in [-0.4, -0.2) is 29.7 Å². The van der Waals surface area contributed by atoms with Crippen LogP contribution >= 0.6 is 0 Å². The molecule has 0 aliphatic carbocycles. The topological polar surface area (TPSA) is 91.3 Å². The molecule has 0 spiro atoms. The summed E-state index contributed by atoms with van der Waals surface area (Å²) < 4.78 is 0. The molecule has 0 aromatic heterocycles. The van der Waals surface area contributed by atoms with Gasteiger partial charge in [0.2, 0.25) is 0 Å². The largest absolute Gasteiger partial charge is 0.394 e. The van der Waals surface area contributed by atoms with Gasteiger partial charge in [-0.15, -0.1) is 0 Å². The van der Waals surface area contributed by atoms with E-state index in [1.807, 2.05) is 31.3 Å². The van der Waals surface area contributed by atoms with E-state index in [4.69, 9.17) is 0 Å². The van der Waals surface area contributed by atoms with Crippen molar-refractivity contribution in [2.45, 2.75) is 32.2 Å². The predicted molar refractivity (Wildman–Crippen MR) is 103 cm³/mol. The number of aliphatic hydroxyl groups is 1. The molecule has 0 saturated heterocycles. The highest BCUT2D eigenvalue weighted by Gasteiger charge is 2.13. The van der Waals surface area contributed by atoms with E-state index in [-0.39, 0.29) is 18.3 Å². The number of nitro benzene ring substituents is 1. The number of rotatable bonds is 9. The molecule has 2 rings (SSSR count). The first-order chi connectivity index (χ1) is 12.5. The van der Waals surface area contributed by atoms with Crippen molar-refractivity contribution in [2.24, 2.45) is 10.2 Å². The summed E-state index contributed by atoms with van der Waals surface area (Å²) in [4.78, 5) is 12.3. The van der Waals surface area contributed by atoms with E-state index in [1.165, 1.54) is 12.1 Å². The van der Waals surface area contributed by atoms with Gasteiger partial charge in [0, 0.05) is 24.9 Å². The molecule has 1 atom stereocenters. The molecule has 0 aliphatic rings. The Morgan fingerprint density at radius 3 is 2.08 bits per heavy atom. The van der Waals surface area contributed by atoms with E-state index < -0.39 is 4.92 Å². The van der Waals surface area contributed by atoms with Gasteiger partial charge in [-0.25, -0.2) is 0 Å². The summed E-state index contributed by atoms with van der Waals surface area (Å²) in [7, 11) is 1.98. The lowest BCUT2D eigenvalue weighted by Gasteiger charge is -2.28. The maximum Gasteiger partial charge on any atom is 0.269 e. The lowest BCUT2D eigenvalue weighted by Crippen LogP contribution is -2.34. The maximum atomic E-state index is 10.6. The van der Waals surface area contributed by atoms with Gasteiger partial charge in [0.25, 0.3) is 5.69 Å². The number of azo groups is 1. The average Bonchev–Trinajstić information content (AvgIpc) is 2.67. The van der Waals surface area contributed by atoms with Crippen LogP contribution in [0.4, 0.5) is 22.7 Å². The van der Waals surface area contributed by atoms with Crippen molar-refractivity contribution < 1.29 is 10.0 Å². The van der Waals surface area contributed by atoms with Crippen molar-refractivity contribution in [3.8, 4) is 0 Å². The smallest absolute Gasteiger partial charge is 0.269 e. The van der Waals surface area contributed by atoms with Crippen molar-refractivity contribution in [3.05, 3.63) is 58.6 Å². The van der Waals surface area contributed by atoms with Gasteiger partial charge in [-0.3, -0.25) is 10.1 Å². The van der Waals surface area contributed by atoms with Crippen LogP contribution in [-0.2, 0) is 0 Å². The number of benzene rings is 2. The van der Waals surface area contributed by atoms with Gasteiger partial charge < -0.3 is 10.0 Å². The molecule has 0 fully saturated rings. The zero-order chi connectivity index (χ0) is 18.9. The normalized spacial score (nSPS) is 12.3. The summed E-state index contributed by atoms with van der Waals surface area (Å²) in [6.07, 6.45) is 3.13. The van der Waals surface area contributed by atoms with Gasteiger partial charge in [-0.05, 0) is 42.8 Å². The molecule has 1 N–H and O–H groups in total. The van der Waals surface area contributed by atoms with E-state index in [1.54, 1.807) is 12.1 Å². The quantitative estimate of drug-likeness (QED) is 0.389. The fourth-order valence-electron chi connectivity index (χ4n) is 2.57. The maximum absolute atomic E-state index is 10.6.